The molecule has 0 bridgehead atoms. The van der Waals surface area contributed by atoms with Crippen LogP contribution in [-0.4, -0.2) is 24.8 Å². The first-order valence-corrected chi connectivity index (χ1v) is 7.12. The van der Waals surface area contributed by atoms with Gasteiger partial charge in [-0.2, -0.15) is 5.10 Å². The van der Waals surface area contributed by atoms with Gasteiger partial charge in [0.05, 0.1) is 19.3 Å². The number of aromatic nitrogens is 5. The summed E-state index contributed by atoms with van der Waals surface area (Å²) in [4.78, 5) is 0. The van der Waals surface area contributed by atoms with Gasteiger partial charge in [-0.05, 0) is 23.8 Å². The highest BCUT2D eigenvalue weighted by Gasteiger charge is 2.03. The van der Waals surface area contributed by atoms with Gasteiger partial charge in [0.1, 0.15) is 18.1 Å². The Balaban J connectivity index is 1.52. The summed E-state index contributed by atoms with van der Waals surface area (Å²) < 4.78 is 9.35. The van der Waals surface area contributed by atoms with Crippen molar-refractivity contribution in [1.29, 1.82) is 0 Å². The van der Waals surface area contributed by atoms with E-state index >= 15 is 0 Å². The molecule has 2 aromatic heterocycles. The van der Waals surface area contributed by atoms with Gasteiger partial charge in [-0.15, -0.1) is 5.10 Å². The topological polar surface area (TPSA) is 83.8 Å². The minimum Gasteiger partial charge on any atom is -0.487 e. The highest BCUT2D eigenvalue weighted by molar-refractivity contribution is 5.28. The van der Waals surface area contributed by atoms with Crippen molar-refractivity contribution >= 4 is 0 Å². The first-order chi connectivity index (χ1) is 10.8. The van der Waals surface area contributed by atoms with E-state index in [1.807, 2.05) is 47.4 Å². The van der Waals surface area contributed by atoms with Gasteiger partial charge in [-0.1, -0.05) is 17.3 Å². The van der Waals surface area contributed by atoms with Crippen molar-refractivity contribution in [2.45, 2.75) is 26.2 Å². The van der Waals surface area contributed by atoms with Gasteiger partial charge >= 0.3 is 0 Å². The van der Waals surface area contributed by atoms with Gasteiger partial charge in [0.15, 0.2) is 0 Å². The molecule has 114 valence electrons. The number of ether oxygens (including phenoxy) is 1. The molecule has 0 saturated carbocycles. The molecule has 3 aromatic rings. The number of aryl methyl sites for hydroxylation is 2. The monoisotopic (exact) mass is 298 g/mol. The molecule has 3 rings (SSSR count). The normalized spacial score (nSPS) is 10.8. The SMILES string of the molecule is NCc1cccc(OCc2cn(CCn3cccn3)nn2)c1. The van der Waals surface area contributed by atoms with Crippen LogP contribution in [0.15, 0.2) is 48.9 Å². The molecule has 0 atom stereocenters. The molecule has 0 amide bonds. The first-order valence-electron chi connectivity index (χ1n) is 7.12. The summed E-state index contributed by atoms with van der Waals surface area (Å²) in [5, 5.41) is 12.3. The summed E-state index contributed by atoms with van der Waals surface area (Å²) in [5.74, 6) is 0.786. The summed E-state index contributed by atoms with van der Waals surface area (Å²) in [7, 11) is 0. The standard InChI is InChI=1S/C15H18N6O/c16-10-13-3-1-4-15(9-13)22-12-14-11-21(19-18-14)8-7-20-6-2-5-17-20/h1-6,9,11H,7-8,10,12,16H2. The van der Waals surface area contributed by atoms with Crippen LogP contribution in [0, 0.1) is 0 Å². The summed E-state index contributed by atoms with van der Waals surface area (Å²) in [5.41, 5.74) is 7.45. The van der Waals surface area contributed by atoms with Crippen LogP contribution in [0.2, 0.25) is 0 Å². The maximum atomic E-state index is 5.71. The molecule has 22 heavy (non-hydrogen) atoms. The Hall–Kier alpha value is -2.67. The van der Waals surface area contributed by atoms with Gasteiger partial charge in [0.25, 0.3) is 0 Å². The van der Waals surface area contributed by atoms with E-state index in [-0.39, 0.29) is 0 Å². The molecule has 7 nitrogen and oxygen atoms in total. The van der Waals surface area contributed by atoms with Crippen LogP contribution in [0.4, 0.5) is 0 Å². The van der Waals surface area contributed by atoms with Crippen molar-refractivity contribution in [2.75, 3.05) is 0 Å². The van der Waals surface area contributed by atoms with Crippen LogP contribution in [0.25, 0.3) is 0 Å². The molecule has 0 aliphatic carbocycles. The van der Waals surface area contributed by atoms with E-state index in [1.165, 1.54) is 0 Å². The second-order valence-electron chi connectivity index (χ2n) is 4.88. The predicted octanol–water partition coefficient (Wildman–Crippen LogP) is 1.21. The Bertz CT molecular complexity index is 706. The lowest BCUT2D eigenvalue weighted by molar-refractivity contribution is 0.301. The summed E-state index contributed by atoms with van der Waals surface area (Å²) >= 11 is 0. The molecule has 0 saturated heterocycles. The van der Waals surface area contributed by atoms with Gasteiger partial charge in [0, 0.05) is 18.9 Å². The lowest BCUT2D eigenvalue weighted by atomic mass is 10.2. The largest absolute Gasteiger partial charge is 0.487 e. The Morgan fingerprint density at radius 3 is 2.86 bits per heavy atom. The van der Waals surface area contributed by atoms with Gasteiger partial charge in [-0.3, -0.25) is 9.36 Å². The fraction of sp³-hybridized carbons (Fsp3) is 0.267. The lowest BCUT2D eigenvalue weighted by Crippen LogP contribution is -2.08. The zero-order valence-electron chi connectivity index (χ0n) is 12.2. The molecular weight excluding hydrogens is 280 g/mol. The van der Waals surface area contributed by atoms with E-state index in [1.54, 1.807) is 10.9 Å². The summed E-state index contributed by atoms with van der Waals surface area (Å²) in [6.45, 7) is 2.36. The van der Waals surface area contributed by atoms with Crippen LogP contribution in [0.5, 0.6) is 5.75 Å². The molecule has 0 aliphatic rings. The second-order valence-corrected chi connectivity index (χ2v) is 4.88. The average Bonchev–Trinajstić information content (AvgIpc) is 3.22. The van der Waals surface area contributed by atoms with Gasteiger partial charge in [0.2, 0.25) is 0 Å². The van der Waals surface area contributed by atoms with E-state index in [9.17, 15) is 0 Å². The number of hydrogen-bond donors (Lipinski definition) is 1. The zero-order valence-corrected chi connectivity index (χ0v) is 12.2. The number of hydrogen-bond acceptors (Lipinski definition) is 5. The van der Waals surface area contributed by atoms with Crippen LogP contribution in [-0.2, 0) is 26.2 Å². The van der Waals surface area contributed by atoms with Crippen LogP contribution >= 0.6 is 0 Å². The fourth-order valence-electron chi connectivity index (χ4n) is 2.07. The smallest absolute Gasteiger partial charge is 0.134 e. The predicted molar refractivity (Wildman–Crippen MR) is 80.9 cm³/mol. The Morgan fingerprint density at radius 2 is 2.05 bits per heavy atom. The highest BCUT2D eigenvalue weighted by atomic mass is 16.5. The van der Waals surface area contributed by atoms with Crippen molar-refractivity contribution in [3.63, 3.8) is 0 Å². The number of rotatable bonds is 7. The number of nitrogens with zero attached hydrogens (tertiary/aromatic N) is 5. The number of nitrogens with two attached hydrogens (primary N) is 1. The molecule has 1 aromatic carbocycles. The minimum atomic E-state index is 0.385. The Kier molecular flexibility index (Phi) is 4.45. The fourth-order valence-corrected chi connectivity index (χ4v) is 2.07. The summed E-state index contributed by atoms with van der Waals surface area (Å²) in [6.07, 6.45) is 5.57. The highest BCUT2D eigenvalue weighted by Crippen LogP contribution is 2.14. The third-order valence-corrected chi connectivity index (χ3v) is 3.22. The van der Waals surface area contributed by atoms with Crippen molar-refractivity contribution in [2.24, 2.45) is 5.73 Å². The molecule has 0 fully saturated rings. The van der Waals surface area contributed by atoms with Crippen LogP contribution in [0.1, 0.15) is 11.3 Å². The van der Waals surface area contributed by atoms with Crippen LogP contribution in [0.3, 0.4) is 0 Å². The third-order valence-electron chi connectivity index (χ3n) is 3.22. The van der Waals surface area contributed by atoms with E-state index in [0.29, 0.717) is 13.2 Å². The van der Waals surface area contributed by atoms with E-state index in [4.69, 9.17) is 10.5 Å². The molecule has 0 aliphatic heterocycles. The van der Waals surface area contributed by atoms with Crippen molar-refractivity contribution in [1.82, 2.24) is 24.8 Å². The van der Waals surface area contributed by atoms with E-state index in [2.05, 4.69) is 15.4 Å². The minimum absolute atomic E-state index is 0.385. The van der Waals surface area contributed by atoms with Crippen molar-refractivity contribution in [3.05, 3.63) is 60.2 Å². The first kappa shape index (κ1) is 14.3. The maximum absolute atomic E-state index is 5.71. The average molecular weight is 298 g/mol. The zero-order chi connectivity index (χ0) is 15.2. The van der Waals surface area contributed by atoms with E-state index in [0.717, 1.165) is 30.1 Å². The van der Waals surface area contributed by atoms with Crippen LogP contribution < -0.4 is 10.5 Å². The molecule has 0 unspecified atom stereocenters. The summed E-state index contributed by atoms with van der Waals surface area (Å²) in [6, 6.07) is 9.64. The molecule has 7 heteroatoms. The molecule has 2 heterocycles. The quantitative estimate of drug-likeness (QED) is 0.709. The Morgan fingerprint density at radius 1 is 1.14 bits per heavy atom. The maximum Gasteiger partial charge on any atom is 0.134 e. The lowest BCUT2D eigenvalue weighted by Gasteiger charge is -2.05. The van der Waals surface area contributed by atoms with Crippen molar-refractivity contribution < 1.29 is 4.74 Å². The van der Waals surface area contributed by atoms with Gasteiger partial charge in [-0.25, -0.2) is 0 Å². The second kappa shape index (κ2) is 6.86. The molecular formula is C15H18N6O. The molecule has 2 N–H and O–H groups in total. The molecule has 0 radical (unpaired) electrons. The number of benzene rings is 1. The van der Waals surface area contributed by atoms with Crippen molar-refractivity contribution in [3.8, 4) is 5.75 Å². The Labute approximate surface area is 128 Å². The van der Waals surface area contributed by atoms with E-state index < -0.39 is 0 Å². The van der Waals surface area contributed by atoms with Gasteiger partial charge < -0.3 is 10.5 Å². The molecule has 0 spiro atoms. The third kappa shape index (κ3) is 3.70.